The first-order valence-corrected chi connectivity index (χ1v) is 8.87. The van der Waals surface area contributed by atoms with E-state index in [1.165, 1.54) is 12.8 Å². The minimum atomic E-state index is 0. The van der Waals surface area contributed by atoms with Gasteiger partial charge in [-0.25, -0.2) is 4.99 Å². The third kappa shape index (κ3) is 6.16. The SMILES string of the molecule is CC1CCN(C(N)=NCc2ccc(OCc3ccccn3)cc2)CC1.I. The van der Waals surface area contributed by atoms with Gasteiger partial charge in [-0.15, -0.1) is 24.0 Å². The number of nitrogens with two attached hydrogens (primary N) is 1. The largest absolute Gasteiger partial charge is 0.487 e. The summed E-state index contributed by atoms with van der Waals surface area (Å²) in [4.78, 5) is 11.0. The molecule has 0 bridgehead atoms. The second-order valence-corrected chi connectivity index (χ2v) is 6.60. The van der Waals surface area contributed by atoms with E-state index in [2.05, 4.69) is 21.8 Å². The second-order valence-electron chi connectivity index (χ2n) is 6.60. The van der Waals surface area contributed by atoms with Crippen LogP contribution in [0, 0.1) is 5.92 Å². The minimum absolute atomic E-state index is 0. The summed E-state index contributed by atoms with van der Waals surface area (Å²) >= 11 is 0. The lowest BCUT2D eigenvalue weighted by Crippen LogP contribution is -2.42. The van der Waals surface area contributed by atoms with Crippen LogP contribution < -0.4 is 10.5 Å². The predicted octanol–water partition coefficient (Wildman–Crippen LogP) is 3.83. The number of aliphatic imine (C=N–C) groups is 1. The smallest absolute Gasteiger partial charge is 0.191 e. The zero-order chi connectivity index (χ0) is 17.5. The van der Waals surface area contributed by atoms with Crippen LogP contribution in [-0.2, 0) is 13.2 Å². The first kappa shape index (κ1) is 20.5. The molecule has 2 heterocycles. The highest BCUT2D eigenvalue weighted by molar-refractivity contribution is 14.0. The summed E-state index contributed by atoms with van der Waals surface area (Å²) in [6.07, 6.45) is 4.16. The molecule has 1 aliphatic rings. The molecule has 1 saturated heterocycles. The summed E-state index contributed by atoms with van der Waals surface area (Å²) < 4.78 is 5.75. The van der Waals surface area contributed by atoms with Crippen molar-refractivity contribution in [1.29, 1.82) is 0 Å². The Morgan fingerprint density at radius 2 is 1.92 bits per heavy atom. The molecule has 0 atom stereocenters. The molecule has 0 radical (unpaired) electrons. The maximum atomic E-state index is 6.13. The fourth-order valence-corrected chi connectivity index (χ4v) is 2.84. The number of likely N-dealkylation sites (tertiary alicyclic amines) is 1. The molecule has 26 heavy (non-hydrogen) atoms. The number of nitrogens with zero attached hydrogens (tertiary/aromatic N) is 3. The van der Waals surface area contributed by atoms with Crippen molar-refractivity contribution in [2.75, 3.05) is 13.1 Å². The predicted molar refractivity (Wildman–Crippen MR) is 116 cm³/mol. The van der Waals surface area contributed by atoms with Crippen molar-refractivity contribution < 1.29 is 4.74 Å². The summed E-state index contributed by atoms with van der Waals surface area (Å²) in [5, 5.41) is 0. The third-order valence-electron chi connectivity index (χ3n) is 4.57. The lowest BCUT2D eigenvalue weighted by molar-refractivity contribution is 0.277. The van der Waals surface area contributed by atoms with E-state index < -0.39 is 0 Å². The van der Waals surface area contributed by atoms with E-state index in [0.717, 1.165) is 36.0 Å². The molecular weight excluding hydrogens is 439 g/mol. The third-order valence-corrected chi connectivity index (χ3v) is 4.57. The summed E-state index contributed by atoms with van der Waals surface area (Å²) in [5.74, 6) is 2.28. The number of guanidine groups is 1. The lowest BCUT2D eigenvalue weighted by atomic mass is 10.00. The summed E-state index contributed by atoms with van der Waals surface area (Å²) in [7, 11) is 0. The Bertz CT molecular complexity index is 683. The maximum absolute atomic E-state index is 6.13. The average Bonchev–Trinajstić information content (AvgIpc) is 2.67. The molecule has 6 heteroatoms. The van der Waals surface area contributed by atoms with E-state index in [4.69, 9.17) is 10.5 Å². The molecule has 2 N–H and O–H groups in total. The van der Waals surface area contributed by atoms with Crippen LogP contribution in [0.1, 0.15) is 31.0 Å². The molecule has 0 amide bonds. The molecule has 1 aliphatic heterocycles. The zero-order valence-electron chi connectivity index (χ0n) is 15.2. The van der Waals surface area contributed by atoms with Gasteiger partial charge in [0, 0.05) is 19.3 Å². The topological polar surface area (TPSA) is 63.7 Å². The fourth-order valence-electron chi connectivity index (χ4n) is 2.84. The standard InChI is InChI=1S/C20H26N4O.HI/c1-16-9-12-24(13-10-16)20(21)23-14-17-5-7-19(8-6-17)25-15-18-4-2-3-11-22-18;/h2-8,11,16H,9-10,12-15H2,1H3,(H2,21,23);1H. The van der Waals surface area contributed by atoms with Gasteiger partial charge in [-0.05, 0) is 48.6 Å². The van der Waals surface area contributed by atoms with E-state index in [1.807, 2.05) is 42.5 Å². The number of rotatable bonds is 5. The Morgan fingerprint density at radius 3 is 2.58 bits per heavy atom. The number of halogens is 1. The summed E-state index contributed by atoms with van der Waals surface area (Å²) in [6.45, 7) is 5.38. The van der Waals surface area contributed by atoms with Crippen molar-refractivity contribution >= 4 is 29.9 Å². The number of benzene rings is 1. The Labute approximate surface area is 172 Å². The molecular formula is C20H27IN4O. The van der Waals surface area contributed by atoms with Crippen molar-refractivity contribution in [2.45, 2.75) is 32.9 Å². The monoisotopic (exact) mass is 466 g/mol. The quantitative estimate of drug-likeness (QED) is 0.414. The summed E-state index contributed by atoms with van der Waals surface area (Å²) in [6, 6.07) is 13.8. The van der Waals surface area contributed by atoms with E-state index in [1.54, 1.807) is 6.20 Å². The van der Waals surface area contributed by atoms with Crippen molar-refractivity contribution in [2.24, 2.45) is 16.6 Å². The molecule has 0 aliphatic carbocycles. The van der Waals surface area contributed by atoms with Crippen molar-refractivity contribution in [1.82, 2.24) is 9.88 Å². The van der Waals surface area contributed by atoms with E-state index in [-0.39, 0.29) is 24.0 Å². The molecule has 2 aromatic rings. The summed E-state index contributed by atoms with van der Waals surface area (Å²) in [5.41, 5.74) is 8.17. The molecule has 1 aromatic heterocycles. The normalized spacial score (nSPS) is 15.4. The fraction of sp³-hybridized carbons (Fsp3) is 0.400. The molecule has 0 spiro atoms. The van der Waals surface area contributed by atoms with Crippen molar-refractivity contribution in [3.05, 3.63) is 59.9 Å². The second kappa shape index (κ2) is 10.4. The van der Waals surface area contributed by atoms with Crippen LogP contribution in [-0.4, -0.2) is 28.9 Å². The van der Waals surface area contributed by atoms with Gasteiger partial charge < -0.3 is 15.4 Å². The van der Waals surface area contributed by atoms with E-state index >= 15 is 0 Å². The minimum Gasteiger partial charge on any atom is -0.487 e. The van der Waals surface area contributed by atoms with Gasteiger partial charge in [0.2, 0.25) is 0 Å². The lowest BCUT2D eigenvalue weighted by Gasteiger charge is -2.31. The average molecular weight is 466 g/mol. The van der Waals surface area contributed by atoms with Gasteiger partial charge in [-0.2, -0.15) is 0 Å². The van der Waals surface area contributed by atoms with Crippen LogP contribution in [0.25, 0.3) is 0 Å². The Morgan fingerprint density at radius 1 is 1.19 bits per heavy atom. The van der Waals surface area contributed by atoms with Gasteiger partial charge in [-0.3, -0.25) is 4.98 Å². The van der Waals surface area contributed by atoms with Gasteiger partial charge in [0.15, 0.2) is 5.96 Å². The Kier molecular flexibility index (Phi) is 8.15. The Balaban J connectivity index is 0.00000243. The molecule has 1 aromatic carbocycles. The number of pyridine rings is 1. The first-order chi connectivity index (χ1) is 12.2. The van der Waals surface area contributed by atoms with E-state index in [9.17, 15) is 0 Å². The molecule has 5 nitrogen and oxygen atoms in total. The highest BCUT2D eigenvalue weighted by Crippen LogP contribution is 2.17. The van der Waals surface area contributed by atoms with Crippen LogP contribution in [0.15, 0.2) is 53.7 Å². The highest BCUT2D eigenvalue weighted by atomic mass is 127. The number of aromatic nitrogens is 1. The first-order valence-electron chi connectivity index (χ1n) is 8.87. The van der Waals surface area contributed by atoms with Gasteiger partial charge in [0.05, 0.1) is 12.2 Å². The van der Waals surface area contributed by atoms with Gasteiger partial charge >= 0.3 is 0 Å². The van der Waals surface area contributed by atoms with Crippen LogP contribution >= 0.6 is 24.0 Å². The molecule has 3 rings (SSSR count). The number of ether oxygens (including phenoxy) is 1. The van der Waals surface area contributed by atoms with Crippen molar-refractivity contribution in [3.63, 3.8) is 0 Å². The van der Waals surface area contributed by atoms with Gasteiger partial charge in [0.1, 0.15) is 12.4 Å². The highest BCUT2D eigenvalue weighted by Gasteiger charge is 2.16. The molecule has 1 fully saturated rings. The number of hydrogen-bond donors (Lipinski definition) is 1. The molecule has 0 unspecified atom stereocenters. The van der Waals surface area contributed by atoms with Gasteiger partial charge in [0.25, 0.3) is 0 Å². The van der Waals surface area contributed by atoms with Crippen LogP contribution in [0.5, 0.6) is 5.75 Å². The molecule has 140 valence electrons. The number of hydrogen-bond acceptors (Lipinski definition) is 3. The Hall–Kier alpha value is -1.83. The van der Waals surface area contributed by atoms with E-state index in [0.29, 0.717) is 19.1 Å². The zero-order valence-corrected chi connectivity index (χ0v) is 17.5. The molecule has 0 saturated carbocycles. The van der Waals surface area contributed by atoms with Gasteiger partial charge in [-0.1, -0.05) is 25.1 Å². The van der Waals surface area contributed by atoms with Crippen LogP contribution in [0.3, 0.4) is 0 Å². The van der Waals surface area contributed by atoms with Crippen LogP contribution in [0.2, 0.25) is 0 Å². The number of piperidine rings is 1. The van der Waals surface area contributed by atoms with Crippen LogP contribution in [0.4, 0.5) is 0 Å². The maximum Gasteiger partial charge on any atom is 0.191 e. The van der Waals surface area contributed by atoms with Crippen molar-refractivity contribution in [3.8, 4) is 5.75 Å².